The molecule has 0 bridgehead atoms. The van der Waals surface area contributed by atoms with Gasteiger partial charge in [-0.05, 0) is 95.9 Å². The number of anilines is 1. The number of carbonyl (C=O) groups excluding carboxylic acids is 1. The van der Waals surface area contributed by atoms with Gasteiger partial charge in [-0.3, -0.25) is 10.1 Å². The number of aryl methyl sites for hydroxylation is 2. The number of rotatable bonds is 3. The maximum Gasteiger partial charge on any atom is 0.258 e. The van der Waals surface area contributed by atoms with E-state index in [9.17, 15) is 4.79 Å². The van der Waals surface area contributed by atoms with Gasteiger partial charge in [-0.2, -0.15) is 0 Å². The van der Waals surface area contributed by atoms with E-state index < -0.39 is 0 Å². The second-order valence-corrected chi connectivity index (χ2v) is 8.58. The topological polar surface area (TPSA) is 67.2 Å². The number of aromatic nitrogens is 1. The van der Waals surface area contributed by atoms with E-state index in [2.05, 4.69) is 37.6 Å². The van der Waals surface area contributed by atoms with E-state index in [1.54, 1.807) is 12.1 Å². The first-order valence-corrected chi connectivity index (χ1v) is 10.9. The molecule has 0 aliphatic heterocycles. The summed E-state index contributed by atoms with van der Waals surface area (Å²) in [5.41, 5.74) is 6.87. The Labute approximate surface area is 194 Å². The van der Waals surface area contributed by atoms with Crippen molar-refractivity contribution in [3.8, 4) is 11.5 Å². The Morgan fingerprint density at radius 1 is 1.06 bits per heavy atom. The van der Waals surface area contributed by atoms with Crippen molar-refractivity contribution < 1.29 is 9.21 Å². The summed E-state index contributed by atoms with van der Waals surface area (Å²) in [5, 5.41) is 6.04. The van der Waals surface area contributed by atoms with Crippen LogP contribution in [0.1, 0.15) is 27.0 Å². The average Bonchev–Trinajstić information content (AvgIpc) is 3.14. The second kappa shape index (κ2) is 8.61. The van der Waals surface area contributed by atoms with E-state index in [4.69, 9.17) is 16.6 Å². The lowest BCUT2D eigenvalue weighted by atomic mass is 10.1. The number of benzene rings is 3. The number of hydrogen-bond donors (Lipinski definition) is 2. The lowest BCUT2D eigenvalue weighted by molar-refractivity contribution is 0.0977. The van der Waals surface area contributed by atoms with Crippen molar-refractivity contribution in [2.45, 2.75) is 20.8 Å². The zero-order valence-corrected chi connectivity index (χ0v) is 19.6. The van der Waals surface area contributed by atoms with Gasteiger partial charge in [0.2, 0.25) is 5.89 Å². The minimum absolute atomic E-state index is 0.213. The van der Waals surface area contributed by atoms with Gasteiger partial charge in [-0.1, -0.05) is 24.3 Å². The SMILES string of the molecule is Cc1cc(C)c2oc(-c3cccc(NC(=S)NC(=O)c4ccccc4Br)c3C)nc2c1. The van der Waals surface area contributed by atoms with Crippen molar-refractivity contribution in [2.24, 2.45) is 0 Å². The van der Waals surface area contributed by atoms with E-state index >= 15 is 0 Å². The summed E-state index contributed by atoms with van der Waals surface area (Å²) in [6, 6.07) is 17.0. The van der Waals surface area contributed by atoms with Gasteiger partial charge in [-0.25, -0.2) is 4.98 Å². The number of thiocarbonyl (C=S) groups is 1. The average molecular weight is 494 g/mol. The first kappa shape index (κ1) is 21.2. The first-order chi connectivity index (χ1) is 14.8. The standard InChI is InChI=1S/C24H20BrN3O2S/c1-13-11-14(2)21-20(12-13)26-23(30-21)16-8-6-10-19(15(16)3)27-24(31)28-22(29)17-7-4-5-9-18(17)25/h4-12H,1-3H3,(H2,27,28,29,31). The summed E-state index contributed by atoms with van der Waals surface area (Å²) in [6.45, 7) is 6.02. The van der Waals surface area contributed by atoms with Gasteiger partial charge in [0.25, 0.3) is 5.91 Å². The van der Waals surface area contributed by atoms with Gasteiger partial charge in [0.1, 0.15) is 5.52 Å². The van der Waals surface area contributed by atoms with Crippen LogP contribution in [0.5, 0.6) is 0 Å². The second-order valence-electron chi connectivity index (χ2n) is 7.32. The molecule has 7 heteroatoms. The number of nitrogens with one attached hydrogen (secondary N) is 2. The van der Waals surface area contributed by atoms with Crippen LogP contribution in [0.2, 0.25) is 0 Å². The highest BCUT2D eigenvalue weighted by Crippen LogP contribution is 2.32. The van der Waals surface area contributed by atoms with Crippen LogP contribution in [0.3, 0.4) is 0 Å². The number of carbonyl (C=O) groups is 1. The monoisotopic (exact) mass is 493 g/mol. The largest absolute Gasteiger partial charge is 0.436 e. The molecule has 0 spiro atoms. The van der Waals surface area contributed by atoms with Crippen LogP contribution in [0.15, 0.2) is 63.5 Å². The predicted molar refractivity (Wildman–Crippen MR) is 131 cm³/mol. The molecule has 0 aliphatic carbocycles. The minimum atomic E-state index is -0.288. The minimum Gasteiger partial charge on any atom is -0.436 e. The number of nitrogens with zero attached hydrogens (tertiary/aromatic N) is 1. The molecule has 0 unspecified atom stereocenters. The van der Waals surface area contributed by atoms with Crippen LogP contribution >= 0.6 is 28.1 Å². The summed E-state index contributed by atoms with van der Waals surface area (Å²) in [4.78, 5) is 17.2. The Bertz CT molecular complexity index is 1330. The quantitative estimate of drug-likeness (QED) is 0.327. The van der Waals surface area contributed by atoms with E-state index in [0.717, 1.165) is 39.0 Å². The molecule has 156 valence electrons. The third-order valence-corrected chi connectivity index (χ3v) is 5.87. The molecule has 1 aromatic heterocycles. The van der Waals surface area contributed by atoms with Crippen LogP contribution in [0.25, 0.3) is 22.6 Å². The van der Waals surface area contributed by atoms with Crippen molar-refractivity contribution in [3.05, 3.63) is 81.3 Å². The van der Waals surface area contributed by atoms with Crippen LogP contribution in [-0.2, 0) is 0 Å². The number of halogens is 1. The molecule has 3 aromatic carbocycles. The molecule has 1 heterocycles. The van der Waals surface area contributed by atoms with Crippen molar-refractivity contribution >= 4 is 56.0 Å². The molecule has 31 heavy (non-hydrogen) atoms. The highest BCUT2D eigenvalue weighted by molar-refractivity contribution is 9.10. The highest BCUT2D eigenvalue weighted by Gasteiger charge is 2.16. The van der Waals surface area contributed by atoms with Gasteiger partial charge >= 0.3 is 0 Å². The van der Waals surface area contributed by atoms with Crippen molar-refractivity contribution in [1.82, 2.24) is 10.3 Å². The number of oxazole rings is 1. The molecule has 4 aromatic rings. The van der Waals surface area contributed by atoms with Crippen molar-refractivity contribution in [1.29, 1.82) is 0 Å². The molecule has 4 rings (SSSR count). The summed E-state index contributed by atoms with van der Waals surface area (Å²) in [7, 11) is 0. The Morgan fingerprint density at radius 2 is 1.84 bits per heavy atom. The third kappa shape index (κ3) is 4.38. The smallest absolute Gasteiger partial charge is 0.258 e. The maximum atomic E-state index is 12.5. The number of amides is 1. The fourth-order valence-corrected chi connectivity index (χ4v) is 4.13. The Morgan fingerprint density at radius 3 is 2.61 bits per heavy atom. The highest BCUT2D eigenvalue weighted by atomic mass is 79.9. The Balaban J connectivity index is 1.58. The third-order valence-electron chi connectivity index (χ3n) is 4.98. The summed E-state index contributed by atoms with van der Waals surface area (Å²) < 4.78 is 6.77. The number of fused-ring (bicyclic) bond motifs is 1. The predicted octanol–water partition coefficient (Wildman–Crippen LogP) is 6.31. The zero-order chi connectivity index (χ0) is 22.1. The van der Waals surface area contributed by atoms with E-state index in [1.807, 2.05) is 57.2 Å². The lowest BCUT2D eigenvalue weighted by Gasteiger charge is -2.13. The fourth-order valence-electron chi connectivity index (χ4n) is 3.46. The molecule has 0 atom stereocenters. The van der Waals surface area contributed by atoms with E-state index in [-0.39, 0.29) is 11.0 Å². The molecule has 0 saturated carbocycles. The number of hydrogen-bond acceptors (Lipinski definition) is 4. The summed E-state index contributed by atoms with van der Waals surface area (Å²) >= 11 is 8.74. The molecule has 1 amide bonds. The van der Waals surface area contributed by atoms with Crippen LogP contribution < -0.4 is 10.6 Å². The van der Waals surface area contributed by atoms with E-state index in [0.29, 0.717) is 15.9 Å². The van der Waals surface area contributed by atoms with Gasteiger partial charge in [0, 0.05) is 15.7 Å². The Hall–Kier alpha value is -3.03. The van der Waals surface area contributed by atoms with Crippen LogP contribution in [0, 0.1) is 20.8 Å². The fraction of sp³-hybridized carbons (Fsp3) is 0.125. The molecule has 0 saturated heterocycles. The van der Waals surface area contributed by atoms with Crippen LogP contribution in [-0.4, -0.2) is 16.0 Å². The Kier molecular flexibility index (Phi) is 5.89. The van der Waals surface area contributed by atoms with Gasteiger partial charge < -0.3 is 9.73 Å². The molecule has 5 nitrogen and oxygen atoms in total. The molecule has 0 aliphatic rings. The van der Waals surface area contributed by atoms with Crippen LogP contribution in [0.4, 0.5) is 5.69 Å². The first-order valence-electron chi connectivity index (χ1n) is 9.68. The van der Waals surface area contributed by atoms with Crippen molar-refractivity contribution in [2.75, 3.05) is 5.32 Å². The van der Waals surface area contributed by atoms with E-state index in [1.165, 1.54) is 0 Å². The summed E-state index contributed by atoms with van der Waals surface area (Å²) in [5.74, 6) is 0.261. The van der Waals surface area contributed by atoms with Gasteiger partial charge in [0.15, 0.2) is 10.7 Å². The van der Waals surface area contributed by atoms with Gasteiger partial charge in [0.05, 0.1) is 5.56 Å². The molecule has 0 fully saturated rings. The zero-order valence-electron chi connectivity index (χ0n) is 17.2. The lowest BCUT2D eigenvalue weighted by Crippen LogP contribution is -2.34. The normalized spacial score (nSPS) is 10.8. The summed E-state index contributed by atoms with van der Waals surface area (Å²) in [6.07, 6.45) is 0. The maximum absolute atomic E-state index is 12.5. The molecular weight excluding hydrogens is 474 g/mol. The molecular formula is C24H20BrN3O2S. The van der Waals surface area contributed by atoms with Crippen molar-refractivity contribution in [3.63, 3.8) is 0 Å². The molecule has 0 radical (unpaired) electrons. The molecule has 2 N–H and O–H groups in total. The van der Waals surface area contributed by atoms with Gasteiger partial charge in [-0.15, -0.1) is 0 Å².